The average molecular weight is 293 g/mol. The Kier molecular flexibility index (Phi) is 5.67. The summed E-state index contributed by atoms with van der Waals surface area (Å²) in [6.45, 7) is 2.75. The van der Waals surface area contributed by atoms with Gasteiger partial charge in [-0.25, -0.2) is 4.79 Å². The van der Waals surface area contributed by atoms with E-state index in [0.29, 0.717) is 18.5 Å². The maximum atomic E-state index is 12.1. The Hall–Kier alpha value is -1.49. The molecule has 1 heterocycles. The van der Waals surface area contributed by atoms with Gasteiger partial charge in [0.1, 0.15) is 5.76 Å². The van der Waals surface area contributed by atoms with Crippen molar-refractivity contribution < 1.29 is 9.21 Å². The number of likely N-dealkylation sites (N-methyl/N-ethyl adjacent to an activating group) is 1. The molecular formula is C16H27N3O2. The molecule has 118 valence electrons. The number of amides is 2. The van der Waals surface area contributed by atoms with Crippen LogP contribution in [0.3, 0.4) is 0 Å². The summed E-state index contributed by atoms with van der Waals surface area (Å²) in [6.07, 6.45) is 6.45. The highest BCUT2D eigenvalue weighted by molar-refractivity contribution is 5.74. The molecule has 1 aromatic heterocycles. The first kappa shape index (κ1) is 15.9. The summed E-state index contributed by atoms with van der Waals surface area (Å²) in [4.78, 5) is 14.1. The van der Waals surface area contributed by atoms with Gasteiger partial charge in [-0.1, -0.05) is 19.8 Å². The molecule has 0 aliphatic heterocycles. The normalized spacial score (nSPS) is 23.8. The Morgan fingerprint density at radius 3 is 2.81 bits per heavy atom. The van der Waals surface area contributed by atoms with Crippen molar-refractivity contribution >= 4 is 6.03 Å². The summed E-state index contributed by atoms with van der Waals surface area (Å²) in [5.74, 6) is 1.44. The Bertz CT molecular complexity index is 431. The summed E-state index contributed by atoms with van der Waals surface area (Å²) in [7, 11) is 3.96. The van der Waals surface area contributed by atoms with Crippen molar-refractivity contribution in [1.82, 2.24) is 15.5 Å². The number of urea groups is 1. The molecule has 3 unspecified atom stereocenters. The van der Waals surface area contributed by atoms with Gasteiger partial charge in [0.25, 0.3) is 0 Å². The molecule has 5 nitrogen and oxygen atoms in total. The van der Waals surface area contributed by atoms with Gasteiger partial charge < -0.3 is 15.1 Å². The molecule has 0 aromatic carbocycles. The molecule has 3 atom stereocenters. The molecule has 1 saturated carbocycles. The number of nitrogens with one attached hydrogen (secondary N) is 2. The fourth-order valence-corrected chi connectivity index (χ4v) is 2.96. The second kappa shape index (κ2) is 7.50. The number of nitrogens with zero attached hydrogens (tertiary/aromatic N) is 1. The molecule has 0 saturated heterocycles. The molecular weight excluding hydrogens is 266 g/mol. The zero-order valence-corrected chi connectivity index (χ0v) is 13.3. The van der Waals surface area contributed by atoms with Crippen LogP contribution in [0.2, 0.25) is 0 Å². The van der Waals surface area contributed by atoms with Crippen molar-refractivity contribution in [2.45, 2.75) is 44.7 Å². The molecule has 1 aliphatic rings. The summed E-state index contributed by atoms with van der Waals surface area (Å²) in [6, 6.07) is 4.09. The van der Waals surface area contributed by atoms with E-state index in [9.17, 15) is 4.79 Å². The minimum absolute atomic E-state index is 0.0505. The van der Waals surface area contributed by atoms with E-state index in [0.717, 1.165) is 12.2 Å². The van der Waals surface area contributed by atoms with E-state index in [1.54, 1.807) is 6.26 Å². The van der Waals surface area contributed by atoms with Crippen LogP contribution in [0.1, 0.15) is 44.4 Å². The summed E-state index contributed by atoms with van der Waals surface area (Å²) < 4.78 is 5.44. The fourth-order valence-electron chi connectivity index (χ4n) is 2.96. The first-order chi connectivity index (χ1) is 10.1. The third kappa shape index (κ3) is 4.49. The highest BCUT2D eigenvalue weighted by atomic mass is 16.3. The quantitative estimate of drug-likeness (QED) is 0.877. The predicted octanol–water partition coefficient (Wildman–Crippen LogP) is 2.76. The number of hydrogen-bond acceptors (Lipinski definition) is 3. The van der Waals surface area contributed by atoms with Crippen LogP contribution in [0.25, 0.3) is 0 Å². The Labute approximate surface area is 127 Å². The fraction of sp³-hybridized carbons (Fsp3) is 0.688. The standard InChI is InChI=1S/C16H27N3O2/c1-12-7-4-5-8-13(12)18-16(20)17-11-14(19(2)3)15-9-6-10-21-15/h6,9-10,12-14H,4-5,7-8,11H2,1-3H3,(H2,17,18,20). The number of furan rings is 1. The molecule has 2 N–H and O–H groups in total. The van der Waals surface area contributed by atoms with Crippen molar-refractivity contribution in [3.63, 3.8) is 0 Å². The van der Waals surface area contributed by atoms with E-state index in [1.165, 1.54) is 19.3 Å². The van der Waals surface area contributed by atoms with Crippen molar-refractivity contribution in [3.8, 4) is 0 Å². The van der Waals surface area contributed by atoms with Crippen LogP contribution >= 0.6 is 0 Å². The minimum Gasteiger partial charge on any atom is -0.468 e. The lowest BCUT2D eigenvalue weighted by Gasteiger charge is -2.30. The lowest BCUT2D eigenvalue weighted by atomic mass is 9.86. The van der Waals surface area contributed by atoms with Crippen molar-refractivity contribution in [2.75, 3.05) is 20.6 Å². The van der Waals surface area contributed by atoms with Gasteiger partial charge in [0.15, 0.2) is 0 Å². The van der Waals surface area contributed by atoms with Gasteiger partial charge >= 0.3 is 6.03 Å². The van der Waals surface area contributed by atoms with Crippen LogP contribution in [-0.2, 0) is 0 Å². The molecule has 0 spiro atoms. The maximum absolute atomic E-state index is 12.1. The number of carbonyl (C=O) groups excluding carboxylic acids is 1. The highest BCUT2D eigenvalue weighted by Crippen LogP contribution is 2.23. The molecule has 5 heteroatoms. The minimum atomic E-state index is -0.0767. The van der Waals surface area contributed by atoms with Gasteiger partial charge in [-0.05, 0) is 45.0 Å². The van der Waals surface area contributed by atoms with E-state index in [4.69, 9.17) is 4.42 Å². The molecule has 2 amide bonds. The van der Waals surface area contributed by atoms with Crippen molar-refractivity contribution in [3.05, 3.63) is 24.2 Å². The highest BCUT2D eigenvalue weighted by Gasteiger charge is 2.23. The Morgan fingerprint density at radius 2 is 2.19 bits per heavy atom. The number of hydrogen-bond donors (Lipinski definition) is 2. The van der Waals surface area contributed by atoms with E-state index in [-0.39, 0.29) is 12.1 Å². The predicted molar refractivity (Wildman–Crippen MR) is 83.1 cm³/mol. The Morgan fingerprint density at radius 1 is 1.43 bits per heavy atom. The van der Waals surface area contributed by atoms with Crippen LogP contribution in [0, 0.1) is 5.92 Å². The molecule has 1 aliphatic carbocycles. The number of carbonyl (C=O) groups is 1. The van der Waals surface area contributed by atoms with E-state index in [2.05, 4.69) is 17.6 Å². The molecule has 21 heavy (non-hydrogen) atoms. The average Bonchev–Trinajstić information content (AvgIpc) is 2.95. The topological polar surface area (TPSA) is 57.5 Å². The van der Waals surface area contributed by atoms with E-state index >= 15 is 0 Å². The third-order valence-electron chi connectivity index (χ3n) is 4.38. The van der Waals surface area contributed by atoms with Crippen LogP contribution in [-0.4, -0.2) is 37.6 Å². The second-order valence-corrected chi connectivity index (χ2v) is 6.22. The summed E-state index contributed by atoms with van der Waals surface area (Å²) in [5, 5.41) is 6.08. The Balaban J connectivity index is 1.82. The van der Waals surface area contributed by atoms with Gasteiger partial charge in [-0.2, -0.15) is 0 Å². The van der Waals surface area contributed by atoms with Crippen LogP contribution in [0.15, 0.2) is 22.8 Å². The smallest absolute Gasteiger partial charge is 0.315 e. The molecule has 0 radical (unpaired) electrons. The van der Waals surface area contributed by atoms with Gasteiger partial charge in [-0.15, -0.1) is 0 Å². The van der Waals surface area contributed by atoms with Gasteiger partial charge in [0.2, 0.25) is 0 Å². The first-order valence-corrected chi connectivity index (χ1v) is 7.82. The first-order valence-electron chi connectivity index (χ1n) is 7.82. The molecule has 2 rings (SSSR count). The van der Waals surface area contributed by atoms with Crippen molar-refractivity contribution in [1.29, 1.82) is 0 Å². The largest absolute Gasteiger partial charge is 0.468 e. The summed E-state index contributed by atoms with van der Waals surface area (Å²) in [5.41, 5.74) is 0. The SMILES string of the molecule is CC1CCCCC1NC(=O)NCC(c1ccco1)N(C)C. The molecule has 1 fully saturated rings. The lowest BCUT2D eigenvalue weighted by Crippen LogP contribution is -2.47. The lowest BCUT2D eigenvalue weighted by molar-refractivity contribution is 0.211. The van der Waals surface area contributed by atoms with Crippen LogP contribution in [0.4, 0.5) is 4.79 Å². The van der Waals surface area contributed by atoms with E-state index in [1.807, 2.05) is 31.1 Å². The zero-order valence-electron chi connectivity index (χ0n) is 13.3. The maximum Gasteiger partial charge on any atom is 0.315 e. The van der Waals surface area contributed by atoms with Crippen molar-refractivity contribution in [2.24, 2.45) is 5.92 Å². The zero-order chi connectivity index (χ0) is 15.2. The van der Waals surface area contributed by atoms with Gasteiger partial charge in [0, 0.05) is 12.6 Å². The second-order valence-electron chi connectivity index (χ2n) is 6.22. The van der Waals surface area contributed by atoms with Gasteiger partial charge in [-0.3, -0.25) is 4.90 Å². The molecule has 1 aromatic rings. The van der Waals surface area contributed by atoms with E-state index < -0.39 is 0 Å². The van der Waals surface area contributed by atoms with Gasteiger partial charge in [0.05, 0.1) is 12.3 Å². The third-order valence-corrected chi connectivity index (χ3v) is 4.38. The monoisotopic (exact) mass is 293 g/mol. The summed E-state index contributed by atoms with van der Waals surface area (Å²) >= 11 is 0. The van der Waals surface area contributed by atoms with Crippen LogP contribution < -0.4 is 10.6 Å². The van der Waals surface area contributed by atoms with Crippen LogP contribution in [0.5, 0.6) is 0 Å². The molecule has 0 bridgehead atoms. The number of rotatable bonds is 5.